The van der Waals surface area contributed by atoms with Gasteiger partial charge in [-0.15, -0.1) is 0 Å². The molecule has 0 bridgehead atoms. The van der Waals surface area contributed by atoms with Crippen LogP contribution in [0.2, 0.25) is 0 Å². The average Bonchev–Trinajstić information content (AvgIpc) is 1.97. The van der Waals surface area contributed by atoms with Crippen molar-refractivity contribution in [2.24, 2.45) is 0 Å². The molecule has 0 unspecified atom stereocenters. The van der Waals surface area contributed by atoms with Gasteiger partial charge in [-0.25, -0.2) is 0 Å². The van der Waals surface area contributed by atoms with Gasteiger partial charge in [-0.1, -0.05) is 13.0 Å². The SMILES string of the molecule is CCSCCCCC=CO. The van der Waals surface area contributed by atoms with Gasteiger partial charge in [-0.3, -0.25) is 0 Å². The van der Waals surface area contributed by atoms with Gasteiger partial charge >= 0.3 is 0 Å². The lowest BCUT2D eigenvalue weighted by Gasteiger charge is -1.94. The third-order valence-corrected chi connectivity index (χ3v) is 2.20. The molecule has 0 saturated carbocycles. The Hall–Kier alpha value is -0.110. The molecule has 0 atom stereocenters. The van der Waals surface area contributed by atoms with E-state index in [4.69, 9.17) is 5.11 Å². The van der Waals surface area contributed by atoms with Gasteiger partial charge in [-0.05, 0) is 30.8 Å². The Morgan fingerprint density at radius 3 is 2.80 bits per heavy atom. The molecule has 0 aromatic heterocycles. The van der Waals surface area contributed by atoms with Crippen LogP contribution < -0.4 is 0 Å². The Bertz CT molecular complexity index is 81.3. The predicted octanol–water partition coefficient (Wildman–Crippen LogP) is 2.98. The Kier molecular flexibility index (Phi) is 8.79. The Balaban J connectivity index is 2.77. The summed E-state index contributed by atoms with van der Waals surface area (Å²) in [6.07, 6.45) is 6.41. The highest BCUT2D eigenvalue weighted by molar-refractivity contribution is 7.99. The standard InChI is InChI=1S/C8H16OS/c1-2-10-8-6-4-3-5-7-9/h5,7,9H,2-4,6,8H2,1H3. The fourth-order valence-electron chi connectivity index (χ4n) is 0.685. The fourth-order valence-corrected chi connectivity index (χ4v) is 1.38. The van der Waals surface area contributed by atoms with E-state index < -0.39 is 0 Å². The molecule has 1 N–H and O–H groups in total. The number of aliphatic hydroxyl groups excluding tert-OH is 1. The molecule has 60 valence electrons. The van der Waals surface area contributed by atoms with Crippen molar-refractivity contribution in [1.29, 1.82) is 0 Å². The van der Waals surface area contributed by atoms with Crippen LogP contribution in [0.1, 0.15) is 26.2 Å². The summed E-state index contributed by atoms with van der Waals surface area (Å²) in [5, 5.41) is 8.28. The van der Waals surface area contributed by atoms with E-state index in [1.54, 1.807) is 6.08 Å². The average molecular weight is 160 g/mol. The first-order valence-electron chi connectivity index (χ1n) is 3.78. The van der Waals surface area contributed by atoms with Crippen molar-refractivity contribution in [3.05, 3.63) is 12.3 Å². The molecule has 0 aliphatic heterocycles. The van der Waals surface area contributed by atoms with Crippen LogP contribution in [0.5, 0.6) is 0 Å². The van der Waals surface area contributed by atoms with Crippen molar-refractivity contribution in [1.82, 2.24) is 0 Å². The number of aliphatic hydroxyl groups is 1. The van der Waals surface area contributed by atoms with E-state index in [0.717, 1.165) is 12.7 Å². The third kappa shape index (κ3) is 7.89. The van der Waals surface area contributed by atoms with Crippen molar-refractivity contribution in [3.63, 3.8) is 0 Å². The number of unbranched alkanes of at least 4 members (excludes halogenated alkanes) is 2. The fraction of sp³-hybridized carbons (Fsp3) is 0.750. The highest BCUT2D eigenvalue weighted by Gasteiger charge is 1.85. The Labute approximate surface area is 67.5 Å². The second kappa shape index (κ2) is 8.89. The van der Waals surface area contributed by atoms with E-state index in [-0.39, 0.29) is 0 Å². The molecular weight excluding hydrogens is 144 g/mol. The largest absolute Gasteiger partial charge is 0.516 e. The molecule has 0 aromatic carbocycles. The van der Waals surface area contributed by atoms with Crippen LogP contribution in [0.15, 0.2) is 12.3 Å². The van der Waals surface area contributed by atoms with E-state index in [1.165, 1.54) is 24.3 Å². The van der Waals surface area contributed by atoms with E-state index >= 15 is 0 Å². The minimum absolute atomic E-state index is 1.01. The molecule has 0 rings (SSSR count). The van der Waals surface area contributed by atoms with Crippen molar-refractivity contribution < 1.29 is 5.11 Å². The molecule has 0 heterocycles. The van der Waals surface area contributed by atoms with Crippen molar-refractivity contribution in [2.45, 2.75) is 26.2 Å². The minimum Gasteiger partial charge on any atom is -0.516 e. The molecule has 0 aromatic rings. The maximum atomic E-state index is 8.28. The van der Waals surface area contributed by atoms with Gasteiger partial charge in [0.2, 0.25) is 0 Å². The zero-order valence-corrected chi connectivity index (χ0v) is 7.36. The van der Waals surface area contributed by atoms with E-state index in [9.17, 15) is 0 Å². The van der Waals surface area contributed by atoms with Gasteiger partial charge in [0.05, 0.1) is 6.26 Å². The summed E-state index contributed by atoms with van der Waals surface area (Å²) in [5.74, 6) is 2.48. The topological polar surface area (TPSA) is 20.2 Å². The van der Waals surface area contributed by atoms with Crippen LogP contribution in [0.3, 0.4) is 0 Å². The van der Waals surface area contributed by atoms with E-state index in [2.05, 4.69) is 6.92 Å². The first kappa shape index (κ1) is 9.89. The molecule has 0 saturated heterocycles. The van der Waals surface area contributed by atoms with Crippen molar-refractivity contribution in [3.8, 4) is 0 Å². The zero-order chi connectivity index (χ0) is 7.66. The summed E-state index contributed by atoms with van der Waals surface area (Å²) in [6, 6.07) is 0. The highest BCUT2D eigenvalue weighted by atomic mass is 32.2. The van der Waals surface area contributed by atoms with Crippen LogP contribution in [0.25, 0.3) is 0 Å². The third-order valence-electron chi connectivity index (χ3n) is 1.22. The quantitative estimate of drug-likeness (QED) is 0.476. The van der Waals surface area contributed by atoms with Crippen molar-refractivity contribution >= 4 is 11.8 Å². The number of rotatable bonds is 6. The number of thioether (sulfide) groups is 1. The second-order valence-electron chi connectivity index (χ2n) is 2.08. The normalized spacial score (nSPS) is 10.9. The van der Waals surface area contributed by atoms with Crippen molar-refractivity contribution in [2.75, 3.05) is 11.5 Å². The van der Waals surface area contributed by atoms with Gasteiger partial charge in [0.25, 0.3) is 0 Å². The lowest BCUT2D eigenvalue weighted by atomic mass is 10.2. The van der Waals surface area contributed by atoms with Crippen LogP contribution in [0.4, 0.5) is 0 Å². The summed E-state index contributed by atoms with van der Waals surface area (Å²) in [5.41, 5.74) is 0. The first-order chi connectivity index (χ1) is 4.91. The van der Waals surface area contributed by atoms with Gasteiger partial charge in [-0.2, -0.15) is 11.8 Å². The molecule has 0 radical (unpaired) electrons. The van der Waals surface area contributed by atoms with Crippen LogP contribution in [-0.2, 0) is 0 Å². The molecule has 0 fully saturated rings. The van der Waals surface area contributed by atoms with Crippen LogP contribution >= 0.6 is 11.8 Å². The lowest BCUT2D eigenvalue weighted by Crippen LogP contribution is -1.79. The second-order valence-corrected chi connectivity index (χ2v) is 3.47. The lowest BCUT2D eigenvalue weighted by molar-refractivity contribution is 0.470. The molecule has 0 spiro atoms. The van der Waals surface area contributed by atoms with E-state index in [1.807, 2.05) is 11.8 Å². The number of allylic oxidation sites excluding steroid dienone is 1. The molecule has 0 aliphatic carbocycles. The molecule has 0 aliphatic rings. The van der Waals surface area contributed by atoms with Gasteiger partial charge < -0.3 is 5.11 Å². The van der Waals surface area contributed by atoms with E-state index in [0.29, 0.717) is 0 Å². The summed E-state index contributed by atoms with van der Waals surface area (Å²) in [4.78, 5) is 0. The highest BCUT2D eigenvalue weighted by Crippen LogP contribution is 2.05. The molecule has 10 heavy (non-hydrogen) atoms. The zero-order valence-electron chi connectivity index (χ0n) is 6.55. The monoisotopic (exact) mass is 160 g/mol. The maximum absolute atomic E-state index is 8.28. The summed E-state index contributed by atoms with van der Waals surface area (Å²) in [6.45, 7) is 2.18. The molecule has 0 amide bonds. The van der Waals surface area contributed by atoms with Gasteiger partial charge in [0.15, 0.2) is 0 Å². The molecule has 2 heteroatoms. The number of hydrogen-bond donors (Lipinski definition) is 1. The van der Waals surface area contributed by atoms with Gasteiger partial charge in [0.1, 0.15) is 0 Å². The predicted molar refractivity (Wildman–Crippen MR) is 48.6 cm³/mol. The summed E-state index contributed by atoms with van der Waals surface area (Å²) >= 11 is 1.98. The summed E-state index contributed by atoms with van der Waals surface area (Å²) in [7, 11) is 0. The smallest absolute Gasteiger partial charge is 0.0751 e. The first-order valence-corrected chi connectivity index (χ1v) is 4.94. The van der Waals surface area contributed by atoms with Crippen LogP contribution in [0, 0.1) is 0 Å². The van der Waals surface area contributed by atoms with Crippen LogP contribution in [-0.4, -0.2) is 16.6 Å². The molecular formula is C8H16OS. The van der Waals surface area contributed by atoms with Gasteiger partial charge in [0, 0.05) is 0 Å². The Morgan fingerprint density at radius 1 is 1.40 bits per heavy atom. The summed E-state index contributed by atoms with van der Waals surface area (Å²) < 4.78 is 0. The molecule has 1 nitrogen and oxygen atoms in total. The number of hydrogen-bond acceptors (Lipinski definition) is 2. The minimum atomic E-state index is 1.01. The maximum Gasteiger partial charge on any atom is 0.0751 e. The Morgan fingerprint density at radius 2 is 2.20 bits per heavy atom.